The number of nitrogens with two attached hydrogens (primary N) is 1. The summed E-state index contributed by atoms with van der Waals surface area (Å²) in [6.45, 7) is 2.65. The number of nitrogens with zero attached hydrogens (tertiary/aromatic N) is 1. The van der Waals surface area contributed by atoms with Crippen LogP contribution in [0.1, 0.15) is 12.5 Å². The lowest BCUT2D eigenvalue weighted by atomic mass is 10.1. The Hall–Kier alpha value is -0.730. The first kappa shape index (κ1) is 11.3. The summed E-state index contributed by atoms with van der Waals surface area (Å²) < 4.78 is 0. The normalized spacial score (nSPS) is 11.8. The number of halogens is 2. The Kier molecular flexibility index (Phi) is 4.23. The van der Waals surface area contributed by atoms with Gasteiger partial charge in [0.15, 0.2) is 0 Å². The Labute approximate surface area is 93.7 Å². The molecular weight excluding hydrogens is 219 g/mol. The molecule has 0 saturated carbocycles. The van der Waals surface area contributed by atoms with Gasteiger partial charge in [-0.3, -0.25) is 4.99 Å². The Morgan fingerprint density at radius 3 is 2.64 bits per heavy atom. The molecule has 0 aliphatic carbocycles. The van der Waals surface area contributed by atoms with Gasteiger partial charge < -0.3 is 5.73 Å². The molecule has 0 atom stereocenters. The van der Waals surface area contributed by atoms with Crippen molar-refractivity contribution in [3.63, 3.8) is 0 Å². The monoisotopic (exact) mass is 230 g/mol. The smallest absolute Gasteiger partial charge is 0.0981 e. The van der Waals surface area contributed by atoms with Gasteiger partial charge in [-0.05, 0) is 24.6 Å². The maximum absolute atomic E-state index is 5.86. The van der Waals surface area contributed by atoms with E-state index in [-0.39, 0.29) is 0 Å². The van der Waals surface area contributed by atoms with Crippen molar-refractivity contribution < 1.29 is 0 Å². The average Bonchev–Trinajstić information content (AvgIpc) is 2.12. The fraction of sp³-hybridized carbons (Fsp3) is 0.300. The van der Waals surface area contributed by atoms with Crippen molar-refractivity contribution in [3.05, 3.63) is 33.8 Å². The van der Waals surface area contributed by atoms with Gasteiger partial charge in [0.25, 0.3) is 0 Å². The predicted molar refractivity (Wildman–Crippen MR) is 62.3 cm³/mol. The topological polar surface area (TPSA) is 38.4 Å². The minimum absolute atomic E-state index is 0.550. The van der Waals surface area contributed by atoms with E-state index in [4.69, 9.17) is 28.9 Å². The van der Waals surface area contributed by atoms with Gasteiger partial charge in [0, 0.05) is 13.0 Å². The van der Waals surface area contributed by atoms with Crippen molar-refractivity contribution in [2.45, 2.75) is 13.3 Å². The number of benzene rings is 1. The second-order valence-electron chi connectivity index (χ2n) is 2.89. The van der Waals surface area contributed by atoms with Crippen LogP contribution in [0.4, 0.5) is 0 Å². The molecule has 0 unspecified atom stereocenters. The number of aliphatic imine (C=N–C) groups is 1. The average molecular weight is 231 g/mol. The molecule has 0 heterocycles. The van der Waals surface area contributed by atoms with E-state index in [0.29, 0.717) is 28.8 Å². The number of amidine groups is 1. The number of hydrogen-bond acceptors (Lipinski definition) is 1. The van der Waals surface area contributed by atoms with Gasteiger partial charge in [-0.1, -0.05) is 29.3 Å². The molecule has 1 aromatic rings. The van der Waals surface area contributed by atoms with Crippen LogP contribution in [-0.2, 0) is 6.42 Å². The molecule has 0 saturated heterocycles. The minimum atomic E-state index is 0.550. The lowest BCUT2D eigenvalue weighted by Crippen LogP contribution is -2.15. The zero-order valence-electron chi connectivity index (χ0n) is 7.93. The molecule has 76 valence electrons. The van der Waals surface area contributed by atoms with Gasteiger partial charge >= 0.3 is 0 Å². The molecular formula is C10H12Cl2N2. The Morgan fingerprint density at radius 2 is 2.07 bits per heavy atom. The molecule has 14 heavy (non-hydrogen) atoms. The summed E-state index contributed by atoms with van der Waals surface area (Å²) in [5.74, 6) is 0.617. The first-order valence-corrected chi connectivity index (χ1v) is 5.11. The summed E-state index contributed by atoms with van der Waals surface area (Å²) in [4.78, 5) is 4.09. The summed E-state index contributed by atoms with van der Waals surface area (Å²) in [6, 6.07) is 5.46. The van der Waals surface area contributed by atoms with Crippen molar-refractivity contribution in [2.24, 2.45) is 10.7 Å². The van der Waals surface area contributed by atoms with Crippen LogP contribution < -0.4 is 5.73 Å². The van der Waals surface area contributed by atoms with Gasteiger partial charge in [0.2, 0.25) is 0 Å². The Balaban J connectivity index is 2.78. The highest BCUT2D eigenvalue weighted by molar-refractivity contribution is 6.42. The second-order valence-corrected chi connectivity index (χ2v) is 3.71. The summed E-state index contributed by atoms with van der Waals surface area (Å²) >= 11 is 11.6. The molecule has 0 fully saturated rings. The standard InChI is InChI=1S/C10H12Cl2N2/c1-2-14-10(13)6-7-3-4-8(11)9(12)5-7/h3-5H,2,6H2,1H3,(H2,13,14). The highest BCUT2D eigenvalue weighted by atomic mass is 35.5. The number of rotatable bonds is 3. The van der Waals surface area contributed by atoms with E-state index in [0.717, 1.165) is 5.56 Å². The minimum Gasteiger partial charge on any atom is -0.387 e. The fourth-order valence-corrected chi connectivity index (χ4v) is 1.44. The zero-order valence-corrected chi connectivity index (χ0v) is 9.44. The molecule has 1 aromatic carbocycles. The molecule has 0 spiro atoms. The van der Waals surface area contributed by atoms with Gasteiger partial charge in [-0.15, -0.1) is 0 Å². The largest absolute Gasteiger partial charge is 0.387 e. The molecule has 0 amide bonds. The molecule has 0 aromatic heterocycles. The molecule has 0 bridgehead atoms. The van der Waals surface area contributed by atoms with E-state index in [9.17, 15) is 0 Å². The highest BCUT2D eigenvalue weighted by Crippen LogP contribution is 2.22. The molecule has 2 N–H and O–H groups in total. The van der Waals surface area contributed by atoms with Gasteiger partial charge in [0.05, 0.1) is 15.9 Å². The molecule has 1 rings (SSSR count). The van der Waals surface area contributed by atoms with Gasteiger partial charge in [0.1, 0.15) is 0 Å². The molecule has 0 aliphatic rings. The third kappa shape index (κ3) is 3.20. The van der Waals surface area contributed by atoms with E-state index in [2.05, 4.69) is 4.99 Å². The van der Waals surface area contributed by atoms with E-state index in [1.54, 1.807) is 6.07 Å². The predicted octanol–water partition coefficient (Wildman–Crippen LogP) is 2.91. The summed E-state index contributed by atoms with van der Waals surface area (Å²) in [5.41, 5.74) is 6.70. The van der Waals surface area contributed by atoms with Gasteiger partial charge in [-0.25, -0.2) is 0 Å². The summed E-state index contributed by atoms with van der Waals surface area (Å²) in [5, 5.41) is 1.11. The van der Waals surface area contributed by atoms with Crippen LogP contribution >= 0.6 is 23.2 Å². The van der Waals surface area contributed by atoms with Crippen molar-refractivity contribution in [1.82, 2.24) is 0 Å². The highest BCUT2D eigenvalue weighted by Gasteiger charge is 2.00. The van der Waals surface area contributed by atoms with Crippen LogP contribution in [-0.4, -0.2) is 12.4 Å². The van der Waals surface area contributed by atoms with E-state index < -0.39 is 0 Å². The third-order valence-corrected chi connectivity index (χ3v) is 2.47. The lowest BCUT2D eigenvalue weighted by Gasteiger charge is -2.02. The Morgan fingerprint density at radius 1 is 1.36 bits per heavy atom. The van der Waals surface area contributed by atoms with Crippen LogP contribution in [0.3, 0.4) is 0 Å². The first-order chi connectivity index (χ1) is 6.63. The summed E-state index contributed by atoms with van der Waals surface area (Å²) in [6.07, 6.45) is 0.616. The first-order valence-electron chi connectivity index (χ1n) is 4.36. The molecule has 2 nitrogen and oxygen atoms in total. The van der Waals surface area contributed by atoms with Crippen LogP contribution in [0.25, 0.3) is 0 Å². The maximum atomic E-state index is 5.86. The molecule has 4 heteroatoms. The van der Waals surface area contributed by atoms with E-state index in [1.165, 1.54) is 0 Å². The summed E-state index contributed by atoms with van der Waals surface area (Å²) in [7, 11) is 0. The zero-order chi connectivity index (χ0) is 10.6. The fourth-order valence-electron chi connectivity index (χ4n) is 1.12. The van der Waals surface area contributed by atoms with Crippen molar-refractivity contribution in [1.29, 1.82) is 0 Å². The van der Waals surface area contributed by atoms with Crippen molar-refractivity contribution in [3.8, 4) is 0 Å². The second kappa shape index (κ2) is 5.23. The van der Waals surface area contributed by atoms with Crippen LogP contribution in [0.2, 0.25) is 10.0 Å². The third-order valence-electron chi connectivity index (χ3n) is 1.73. The van der Waals surface area contributed by atoms with Crippen LogP contribution in [0.5, 0.6) is 0 Å². The van der Waals surface area contributed by atoms with Crippen molar-refractivity contribution in [2.75, 3.05) is 6.54 Å². The van der Waals surface area contributed by atoms with Crippen LogP contribution in [0, 0.1) is 0 Å². The van der Waals surface area contributed by atoms with Gasteiger partial charge in [-0.2, -0.15) is 0 Å². The van der Waals surface area contributed by atoms with E-state index >= 15 is 0 Å². The SMILES string of the molecule is CCN=C(N)Cc1ccc(Cl)c(Cl)c1. The molecule has 0 radical (unpaired) electrons. The number of hydrogen-bond donors (Lipinski definition) is 1. The quantitative estimate of drug-likeness (QED) is 0.630. The van der Waals surface area contributed by atoms with Crippen LogP contribution in [0.15, 0.2) is 23.2 Å². The Bertz CT molecular complexity index is 348. The molecule has 0 aliphatic heterocycles. The van der Waals surface area contributed by atoms with Crippen molar-refractivity contribution >= 4 is 29.0 Å². The lowest BCUT2D eigenvalue weighted by molar-refractivity contribution is 1.10. The maximum Gasteiger partial charge on any atom is 0.0981 e. The van der Waals surface area contributed by atoms with E-state index in [1.807, 2.05) is 19.1 Å².